The lowest BCUT2D eigenvalue weighted by Crippen LogP contribution is -1.93. The molecule has 0 radical (unpaired) electrons. The van der Waals surface area contributed by atoms with E-state index in [0.717, 1.165) is 22.3 Å². The van der Waals surface area contributed by atoms with Gasteiger partial charge in [0, 0.05) is 5.56 Å². The number of rotatable bonds is 2. The summed E-state index contributed by atoms with van der Waals surface area (Å²) in [6.45, 7) is 3.61. The molecule has 0 saturated heterocycles. The monoisotopic (exact) mass is 210 g/mol. The fourth-order valence-electron chi connectivity index (χ4n) is 1.78. The zero-order valence-corrected chi connectivity index (χ0v) is 9.53. The van der Waals surface area contributed by atoms with E-state index in [2.05, 4.69) is 18.2 Å². The minimum Gasteiger partial charge on any atom is -0.295 e. The molecule has 0 aliphatic carbocycles. The van der Waals surface area contributed by atoms with Crippen molar-refractivity contribution in [2.75, 3.05) is 0 Å². The maximum atomic E-state index is 11.4. The quantitative estimate of drug-likeness (QED) is 0.688. The van der Waals surface area contributed by atoms with Gasteiger partial charge < -0.3 is 0 Å². The molecule has 0 amide bonds. The van der Waals surface area contributed by atoms with Crippen LogP contribution in [0.25, 0.3) is 11.1 Å². The van der Waals surface area contributed by atoms with Gasteiger partial charge in [-0.1, -0.05) is 36.4 Å². The molecule has 1 heteroatoms. The normalized spacial score (nSPS) is 10.1. The maximum absolute atomic E-state index is 11.4. The average Bonchev–Trinajstić information content (AvgIpc) is 2.29. The SMILES string of the molecule is CC(=O)c1cc(C)cc(-c2ccccc2)c1. The third-order valence-electron chi connectivity index (χ3n) is 2.59. The van der Waals surface area contributed by atoms with E-state index in [-0.39, 0.29) is 5.78 Å². The number of ketones is 1. The molecule has 0 aliphatic heterocycles. The van der Waals surface area contributed by atoms with Crippen LogP contribution in [0.15, 0.2) is 48.5 Å². The Morgan fingerprint density at radius 3 is 2.25 bits per heavy atom. The van der Waals surface area contributed by atoms with Gasteiger partial charge in [-0.15, -0.1) is 0 Å². The van der Waals surface area contributed by atoms with Crippen LogP contribution in [0.2, 0.25) is 0 Å². The van der Waals surface area contributed by atoms with E-state index in [4.69, 9.17) is 0 Å². The maximum Gasteiger partial charge on any atom is 0.159 e. The van der Waals surface area contributed by atoms with E-state index in [1.54, 1.807) is 6.92 Å². The highest BCUT2D eigenvalue weighted by molar-refractivity contribution is 5.95. The van der Waals surface area contributed by atoms with Gasteiger partial charge in [-0.2, -0.15) is 0 Å². The first kappa shape index (κ1) is 10.6. The summed E-state index contributed by atoms with van der Waals surface area (Å²) < 4.78 is 0. The van der Waals surface area contributed by atoms with Crippen molar-refractivity contribution in [1.29, 1.82) is 0 Å². The highest BCUT2D eigenvalue weighted by atomic mass is 16.1. The third-order valence-corrected chi connectivity index (χ3v) is 2.59. The number of hydrogen-bond acceptors (Lipinski definition) is 1. The van der Waals surface area contributed by atoms with Crippen LogP contribution >= 0.6 is 0 Å². The van der Waals surface area contributed by atoms with Crippen molar-refractivity contribution in [3.63, 3.8) is 0 Å². The molecule has 2 aromatic rings. The summed E-state index contributed by atoms with van der Waals surface area (Å²) in [5.74, 6) is 0.112. The summed E-state index contributed by atoms with van der Waals surface area (Å²) >= 11 is 0. The lowest BCUT2D eigenvalue weighted by molar-refractivity contribution is 0.101. The molecule has 0 unspecified atom stereocenters. The predicted octanol–water partition coefficient (Wildman–Crippen LogP) is 3.86. The van der Waals surface area contributed by atoms with Gasteiger partial charge in [-0.3, -0.25) is 4.79 Å². The van der Waals surface area contributed by atoms with Crippen molar-refractivity contribution in [2.45, 2.75) is 13.8 Å². The molecule has 0 atom stereocenters. The second-order valence-corrected chi connectivity index (χ2v) is 4.01. The van der Waals surface area contributed by atoms with Gasteiger partial charge in [-0.25, -0.2) is 0 Å². The summed E-state index contributed by atoms with van der Waals surface area (Å²) in [7, 11) is 0. The molecule has 0 heterocycles. The molecular weight excluding hydrogens is 196 g/mol. The lowest BCUT2D eigenvalue weighted by atomic mass is 9.99. The molecule has 0 fully saturated rings. The van der Waals surface area contributed by atoms with Crippen LogP contribution in [0.5, 0.6) is 0 Å². The summed E-state index contributed by atoms with van der Waals surface area (Å²) in [6.07, 6.45) is 0. The van der Waals surface area contributed by atoms with Gasteiger partial charge in [0.25, 0.3) is 0 Å². The molecule has 80 valence electrons. The summed E-state index contributed by atoms with van der Waals surface area (Å²) in [5.41, 5.74) is 4.14. The first-order valence-corrected chi connectivity index (χ1v) is 5.35. The zero-order valence-electron chi connectivity index (χ0n) is 9.53. The molecule has 0 saturated carbocycles. The van der Waals surface area contributed by atoms with Gasteiger partial charge in [0.2, 0.25) is 0 Å². The van der Waals surface area contributed by atoms with Crippen LogP contribution in [0.3, 0.4) is 0 Å². The molecule has 16 heavy (non-hydrogen) atoms. The van der Waals surface area contributed by atoms with Crippen molar-refractivity contribution in [2.24, 2.45) is 0 Å². The zero-order chi connectivity index (χ0) is 11.5. The largest absolute Gasteiger partial charge is 0.295 e. The van der Waals surface area contributed by atoms with E-state index in [0.29, 0.717) is 0 Å². The topological polar surface area (TPSA) is 17.1 Å². The van der Waals surface area contributed by atoms with Gasteiger partial charge in [0.05, 0.1) is 0 Å². The molecule has 1 nitrogen and oxygen atoms in total. The Hall–Kier alpha value is -1.89. The molecule has 2 aromatic carbocycles. The van der Waals surface area contributed by atoms with Gasteiger partial charge >= 0.3 is 0 Å². The van der Waals surface area contributed by atoms with E-state index < -0.39 is 0 Å². The van der Waals surface area contributed by atoms with Crippen LogP contribution in [-0.2, 0) is 0 Å². The van der Waals surface area contributed by atoms with Gasteiger partial charge in [0.1, 0.15) is 0 Å². The summed E-state index contributed by atoms with van der Waals surface area (Å²) in [4.78, 5) is 11.4. The van der Waals surface area contributed by atoms with Crippen LogP contribution in [0.1, 0.15) is 22.8 Å². The highest BCUT2D eigenvalue weighted by Gasteiger charge is 2.04. The van der Waals surface area contributed by atoms with Crippen LogP contribution < -0.4 is 0 Å². The molecular formula is C15H14O. The van der Waals surface area contributed by atoms with E-state index >= 15 is 0 Å². The smallest absolute Gasteiger partial charge is 0.159 e. The average molecular weight is 210 g/mol. The van der Waals surface area contributed by atoms with Gasteiger partial charge in [0.15, 0.2) is 5.78 Å². The second kappa shape index (κ2) is 4.31. The Bertz CT molecular complexity index is 512. The number of hydrogen-bond donors (Lipinski definition) is 0. The predicted molar refractivity (Wildman–Crippen MR) is 66.6 cm³/mol. The van der Waals surface area contributed by atoms with Crippen molar-refractivity contribution < 1.29 is 4.79 Å². The minimum absolute atomic E-state index is 0.112. The number of Topliss-reactive ketones (excluding diaryl/α,β-unsaturated/α-hetero) is 1. The Kier molecular flexibility index (Phi) is 2.86. The second-order valence-electron chi connectivity index (χ2n) is 4.01. The summed E-state index contributed by atoms with van der Waals surface area (Å²) in [6, 6.07) is 16.1. The fourth-order valence-corrected chi connectivity index (χ4v) is 1.78. The fraction of sp³-hybridized carbons (Fsp3) is 0.133. The van der Waals surface area contributed by atoms with Crippen LogP contribution in [0.4, 0.5) is 0 Å². The Morgan fingerprint density at radius 1 is 0.938 bits per heavy atom. The van der Waals surface area contributed by atoms with Crippen molar-refractivity contribution >= 4 is 5.78 Å². The molecule has 0 N–H and O–H groups in total. The van der Waals surface area contributed by atoms with E-state index in [1.165, 1.54) is 0 Å². The summed E-state index contributed by atoms with van der Waals surface area (Å²) in [5, 5.41) is 0. The van der Waals surface area contributed by atoms with Crippen LogP contribution in [-0.4, -0.2) is 5.78 Å². The van der Waals surface area contributed by atoms with Crippen molar-refractivity contribution in [3.05, 3.63) is 59.7 Å². The highest BCUT2D eigenvalue weighted by Crippen LogP contribution is 2.22. The van der Waals surface area contributed by atoms with Crippen molar-refractivity contribution in [1.82, 2.24) is 0 Å². The molecule has 2 rings (SSSR count). The third kappa shape index (κ3) is 2.19. The Balaban J connectivity index is 2.54. The number of benzene rings is 2. The lowest BCUT2D eigenvalue weighted by Gasteiger charge is -2.05. The first-order chi connectivity index (χ1) is 7.66. The van der Waals surface area contributed by atoms with Gasteiger partial charge in [-0.05, 0) is 42.7 Å². The van der Waals surface area contributed by atoms with Crippen LogP contribution in [0, 0.1) is 6.92 Å². The Labute approximate surface area is 95.7 Å². The molecule has 0 aliphatic rings. The molecule has 0 bridgehead atoms. The number of carbonyl (C=O) groups is 1. The Morgan fingerprint density at radius 2 is 1.62 bits per heavy atom. The first-order valence-electron chi connectivity index (χ1n) is 5.35. The number of aryl methyl sites for hydroxylation is 1. The molecule has 0 aromatic heterocycles. The number of carbonyl (C=O) groups excluding carboxylic acids is 1. The standard InChI is InChI=1S/C15H14O/c1-11-8-14(12(2)16)10-15(9-11)13-6-4-3-5-7-13/h3-10H,1-2H3. The molecule has 0 spiro atoms. The van der Waals surface area contributed by atoms with E-state index in [9.17, 15) is 4.79 Å². The minimum atomic E-state index is 0.112. The van der Waals surface area contributed by atoms with Crippen molar-refractivity contribution in [3.8, 4) is 11.1 Å². The van der Waals surface area contributed by atoms with E-state index in [1.807, 2.05) is 37.3 Å².